The number of hydrogen-bond acceptors (Lipinski definition) is 3. The van der Waals surface area contributed by atoms with Crippen molar-refractivity contribution in [1.82, 2.24) is 10.6 Å². The minimum Gasteiger partial charge on any atom is -0.377 e. The minimum atomic E-state index is -0.198. The van der Waals surface area contributed by atoms with E-state index >= 15 is 0 Å². The van der Waals surface area contributed by atoms with Crippen LogP contribution >= 0.6 is 35.3 Å². The predicted octanol–water partition coefficient (Wildman–Crippen LogP) is 3.02. The Bertz CT molecular complexity index is 418. The Hall–Kier alpha value is -0.340. The van der Waals surface area contributed by atoms with Crippen molar-refractivity contribution in [2.75, 3.05) is 20.7 Å². The summed E-state index contributed by atoms with van der Waals surface area (Å²) in [4.78, 5) is 6.95. The number of halogens is 1. The summed E-state index contributed by atoms with van der Waals surface area (Å²) >= 11 is 1.84. The monoisotopic (exact) mass is 411 g/mol. The van der Waals surface area contributed by atoms with Gasteiger partial charge in [-0.3, -0.25) is 4.99 Å². The molecule has 0 saturated carbocycles. The molecule has 0 saturated heterocycles. The summed E-state index contributed by atoms with van der Waals surface area (Å²) in [5.74, 6) is 0.802. The molecular weight excluding hydrogens is 385 g/mol. The van der Waals surface area contributed by atoms with Gasteiger partial charge in [-0.15, -0.1) is 35.3 Å². The van der Waals surface area contributed by atoms with Crippen molar-refractivity contribution in [1.29, 1.82) is 0 Å². The average Bonchev–Trinajstić information content (AvgIpc) is 2.87. The van der Waals surface area contributed by atoms with E-state index in [4.69, 9.17) is 4.74 Å². The number of thiophene rings is 1. The number of guanidine groups is 1. The number of hydrogen-bond donors (Lipinski definition) is 2. The van der Waals surface area contributed by atoms with Crippen molar-refractivity contribution in [2.24, 2.45) is 4.99 Å². The first-order valence-corrected chi connectivity index (χ1v) is 7.39. The summed E-state index contributed by atoms with van der Waals surface area (Å²) in [6.45, 7) is 7.78. The molecule has 0 spiro atoms. The van der Waals surface area contributed by atoms with Crippen molar-refractivity contribution in [3.8, 4) is 0 Å². The minimum absolute atomic E-state index is 0. The predicted molar refractivity (Wildman–Crippen MR) is 98.4 cm³/mol. The maximum Gasteiger partial charge on any atom is 0.191 e. The number of rotatable bonds is 6. The molecule has 20 heavy (non-hydrogen) atoms. The van der Waals surface area contributed by atoms with E-state index in [1.165, 1.54) is 9.75 Å². The van der Waals surface area contributed by atoms with Crippen LogP contribution in [-0.4, -0.2) is 32.3 Å². The van der Waals surface area contributed by atoms with Crippen LogP contribution in [0.3, 0.4) is 0 Å². The average molecular weight is 411 g/mol. The molecule has 116 valence electrons. The maximum absolute atomic E-state index is 5.37. The second-order valence-corrected chi connectivity index (χ2v) is 6.22. The molecule has 0 fully saturated rings. The Morgan fingerprint density at radius 2 is 1.95 bits per heavy atom. The largest absolute Gasteiger partial charge is 0.377 e. The Labute approximate surface area is 143 Å². The van der Waals surface area contributed by atoms with Crippen LogP contribution in [0.25, 0.3) is 0 Å². The lowest BCUT2D eigenvalue weighted by Gasteiger charge is -2.24. The van der Waals surface area contributed by atoms with Crippen molar-refractivity contribution in [2.45, 2.75) is 39.3 Å². The van der Waals surface area contributed by atoms with E-state index in [9.17, 15) is 0 Å². The van der Waals surface area contributed by atoms with E-state index in [0.717, 1.165) is 18.9 Å². The molecule has 6 heteroatoms. The molecule has 1 heterocycles. The van der Waals surface area contributed by atoms with Gasteiger partial charge in [0.25, 0.3) is 0 Å². The highest BCUT2D eigenvalue weighted by atomic mass is 127. The number of nitrogens with one attached hydrogen (secondary N) is 2. The van der Waals surface area contributed by atoms with E-state index < -0.39 is 0 Å². The van der Waals surface area contributed by atoms with Crippen LogP contribution in [0.4, 0.5) is 0 Å². The number of aryl methyl sites for hydroxylation is 1. The molecule has 0 aliphatic carbocycles. The van der Waals surface area contributed by atoms with Crippen molar-refractivity contribution >= 4 is 41.3 Å². The molecule has 2 N–H and O–H groups in total. The van der Waals surface area contributed by atoms with Gasteiger partial charge in [0.1, 0.15) is 0 Å². The summed E-state index contributed by atoms with van der Waals surface area (Å²) in [7, 11) is 3.50. The molecule has 0 bridgehead atoms. The van der Waals surface area contributed by atoms with Gasteiger partial charge in [0.05, 0.1) is 12.1 Å². The first-order chi connectivity index (χ1) is 9.00. The number of aliphatic imine (C=N–C) groups is 1. The van der Waals surface area contributed by atoms with Gasteiger partial charge in [0.15, 0.2) is 5.96 Å². The van der Waals surface area contributed by atoms with Gasteiger partial charge in [-0.05, 0) is 32.4 Å². The van der Waals surface area contributed by atoms with Gasteiger partial charge in [-0.2, -0.15) is 0 Å². The van der Waals surface area contributed by atoms with Gasteiger partial charge in [0, 0.05) is 30.5 Å². The fraction of sp³-hybridized carbons (Fsp3) is 0.643. The fourth-order valence-electron chi connectivity index (χ4n) is 1.47. The van der Waals surface area contributed by atoms with Crippen LogP contribution in [0.2, 0.25) is 0 Å². The number of nitrogens with zero attached hydrogens (tertiary/aromatic N) is 1. The van der Waals surface area contributed by atoms with Gasteiger partial charge < -0.3 is 15.4 Å². The lowest BCUT2D eigenvalue weighted by Crippen LogP contribution is -2.44. The molecule has 0 aliphatic heterocycles. The van der Waals surface area contributed by atoms with Crippen molar-refractivity contribution in [3.05, 3.63) is 21.9 Å². The zero-order valence-electron chi connectivity index (χ0n) is 12.9. The highest BCUT2D eigenvalue weighted by molar-refractivity contribution is 14.0. The quantitative estimate of drug-likeness (QED) is 0.430. The Morgan fingerprint density at radius 1 is 1.30 bits per heavy atom. The number of ether oxygens (including phenoxy) is 1. The van der Waals surface area contributed by atoms with E-state index in [0.29, 0.717) is 6.54 Å². The van der Waals surface area contributed by atoms with Crippen LogP contribution in [-0.2, 0) is 17.7 Å². The SMILES string of the molecule is CCc1ccc(CNC(=NC)NCC(C)(C)OC)s1.I. The van der Waals surface area contributed by atoms with E-state index in [1.807, 2.05) is 25.2 Å². The molecule has 4 nitrogen and oxygen atoms in total. The summed E-state index contributed by atoms with van der Waals surface area (Å²) in [5.41, 5.74) is -0.198. The second kappa shape index (κ2) is 9.57. The standard InChI is InChI=1S/C14H25N3OS.HI/c1-6-11-7-8-12(19-11)9-16-13(15-4)17-10-14(2,3)18-5;/h7-8H,6,9-10H2,1-5H3,(H2,15,16,17);1H. The first kappa shape index (κ1) is 19.7. The fourth-order valence-corrected chi connectivity index (χ4v) is 2.37. The molecule has 1 rings (SSSR count). The zero-order chi connectivity index (χ0) is 14.3. The molecular formula is C14H26IN3OS. The molecule has 0 unspecified atom stereocenters. The topological polar surface area (TPSA) is 45.7 Å². The summed E-state index contributed by atoms with van der Waals surface area (Å²) in [6, 6.07) is 4.36. The lowest BCUT2D eigenvalue weighted by atomic mass is 10.1. The van der Waals surface area contributed by atoms with Gasteiger partial charge in [-0.1, -0.05) is 6.92 Å². The lowest BCUT2D eigenvalue weighted by molar-refractivity contribution is 0.0268. The number of methoxy groups -OCH3 is 1. The normalized spacial score (nSPS) is 11.9. The third-order valence-corrected chi connectivity index (χ3v) is 4.18. The Balaban J connectivity index is 0.00000361. The van der Waals surface area contributed by atoms with E-state index in [1.54, 1.807) is 14.2 Å². The van der Waals surface area contributed by atoms with Crippen molar-refractivity contribution < 1.29 is 4.74 Å². The summed E-state index contributed by atoms with van der Waals surface area (Å²) in [6.07, 6.45) is 1.10. The summed E-state index contributed by atoms with van der Waals surface area (Å²) in [5, 5.41) is 6.58. The third-order valence-electron chi connectivity index (χ3n) is 2.95. The molecule has 0 aromatic carbocycles. The molecule has 0 radical (unpaired) electrons. The van der Waals surface area contributed by atoms with Crippen LogP contribution in [0, 0.1) is 0 Å². The second-order valence-electron chi connectivity index (χ2n) is 4.96. The van der Waals surface area contributed by atoms with Crippen molar-refractivity contribution in [3.63, 3.8) is 0 Å². The molecule has 0 amide bonds. The molecule has 1 aromatic rings. The van der Waals surface area contributed by atoms with Gasteiger partial charge in [0.2, 0.25) is 0 Å². The smallest absolute Gasteiger partial charge is 0.191 e. The zero-order valence-corrected chi connectivity index (χ0v) is 16.1. The Kier molecular flexibility index (Phi) is 9.41. The van der Waals surface area contributed by atoms with Crippen LogP contribution in [0.1, 0.15) is 30.5 Å². The molecule has 1 aromatic heterocycles. The van der Waals surface area contributed by atoms with E-state index in [2.05, 4.69) is 34.7 Å². The van der Waals surface area contributed by atoms with Crippen LogP contribution < -0.4 is 10.6 Å². The highest BCUT2D eigenvalue weighted by Crippen LogP contribution is 2.16. The first-order valence-electron chi connectivity index (χ1n) is 6.58. The van der Waals surface area contributed by atoms with E-state index in [-0.39, 0.29) is 29.6 Å². The van der Waals surface area contributed by atoms with Gasteiger partial charge >= 0.3 is 0 Å². The van der Waals surface area contributed by atoms with Crippen LogP contribution in [0.15, 0.2) is 17.1 Å². The van der Waals surface area contributed by atoms with Gasteiger partial charge in [-0.25, -0.2) is 0 Å². The highest BCUT2D eigenvalue weighted by Gasteiger charge is 2.16. The Morgan fingerprint density at radius 3 is 2.45 bits per heavy atom. The summed E-state index contributed by atoms with van der Waals surface area (Å²) < 4.78 is 5.37. The molecule has 0 aliphatic rings. The molecule has 0 atom stereocenters. The van der Waals surface area contributed by atoms with Crippen LogP contribution in [0.5, 0.6) is 0 Å². The third kappa shape index (κ3) is 6.90. The maximum atomic E-state index is 5.37.